The lowest BCUT2D eigenvalue weighted by Gasteiger charge is -2.30. The molecule has 3 aliphatic rings. The lowest BCUT2D eigenvalue weighted by Crippen LogP contribution is -2.48. The van der Waals surface area contributed by atoms with Crippen LogP contribution >= 0.6 is 0 Å². The van der Waals surface area contributed by atoms with E-state index in [9.17, 15) is 4.79 Å². The Morgan fingerprint density at radius 3 is 2.68 bits per heavy atom. The normalized spacial score (nSPS) is 32.5. The van der Waals surface area contributed by atoms with Gasteiger partial charge in [-0.25, -0.2) is 4.79 Å². The molecular formula is C17H31N3O2. The second kappa shape index (κ2) is 6.36. The number of carbonyl (C=O) groups excluding carboxylic acids is 1. The van der Waals surface area contributed by atoms with Gasteiger partial charge in [-0.15, -0.1) is 0 Å². The van der Waals surface area contributed by atoms with Gasteiger partial charge in [0.15, 0.2) is 0 Å². The molecule has 3 fully saturated rings. The second-order valence-corrected chi connectivity index (χ2v) is 8.02. The first-order valence-electron chi connectivity index (χ1n) is 8.91. The fourth-order valence-corrected chi connectivity index (χ4v) is 4.22. The van der Waals surface area contributed by atoms with E-state index in [1.165, 1.54) is 32.4 Å². The van der Waals surface area contributed by atoms with Gasteiger partial charge in [0.1, 0.15) is 5.60 Å². The zero-order valence-corrected chi connectivity index (χ0v) is 14.3. The third kappa shape index (κ3) is 3.57. The molecule has 5 nitrogen and oxygen atoms in total. The van der Waals surface area contributed by atoms with Crippen LogP contribution in [0.15, 0.2) is 0 Å². The Morgan fingerprint density at radius 1 is 1.14 bits per heavy atom. The van der Waals surface area contributed by atoms with E-state index in [0.29, 0.717) is 12.1 Å². The number of hydrogen-bond donors (Lipinski definition) is 1. The molecule has 0 aromatic carbocycles. The number of ether oxygens (including phenoxy) is 1. The van der Waals surface area contributed by atoms with E-state index < -0.39 is 5.60 Å². The van der Waals surface area contributed by atoms with Crippen molar-refractivity contribution >= 4 is 6.09 Å². The molecule has 3 rings (SSSR count). The number of carbonyl (C=O) groups is 1. The number of nitrogens with zero attached hydrogens (tertiary/aromatic N) is 2. The molecule has 3 unspecified atom stereocenters. The van der Waals surface area contributed by atoms with Crippen LogP contribution in [0.5, 0.6) is 0 Å². The predicted octanol–water partition coefficient (Wildman–Crippen LogP) is 2.21. The van der Waals surface area contributed by atoms with Gasteiger partial charge in [0.05, 0.1) is 0 Å². The van der Waals surface area contributed by atoms with Gasteiger partial charge in [-0.2, -0.15) is 0 Å². The van der Waals surface area contributed by atoms with E-state index in [0.717, 1.165) is 32.0 Å². The van der Waals surface area contributed by atoms with Crippen LogP contribution in [0.3, 0.4) is 0 Å². The molecule has 0 aliphatic carbocycles. The van der Waals surface area contributed by atoms with Gasteiger partial charge in [-0.1, -0.05) is 0 Å². The summed E-state index contributed by atoms with van der Waals surface area (Å²) >= 11 is 0. The maximum absolute atomic E-state index is 12.3. The number of rotatable bonds is 3. The van der Waals surface area contributed by atoms with Crippen LogP contribution in [0.2, 0.25) is 0 Å². The summed E-state index contributed by atoms with van der Waals surface area (Å²) in [6, 6.07) is 1.64. The van der Waals surface area contributed by atoms with Crippen molar-refractivity contribution in [2.24, 2.45) is 0 Å². The molecule has 3 atom stereocenters. The molecule has 22 heavy (non-hydrogen) atoms. The van der Waals surface area contributed by atoms with E-state index >= 15 is 0 Å². The lowest BCUT2D eigenvalue weighted by atomic mass is 10.1. The van der Waals surface area contributed by atoms with E-state index in [-0.39, 0.29) is 6.09 Å². The van der Waals surface area contributed by atoms with Gasteiger partial charge in [0.25, 0.3) is 0 Å². The van der Waals surface area contributed by atoms with Crippen molar-refractivity contribution in [1.29, 1.82) is 0 Å². The molecule has 0 spiro atoms. The largest absolute Gasteiger partial charge is 0.444 e. The molecule has 3 saturated heterocycles. The fourth-order valence-electron chi connectivity index (χ4n) is 4.22. The number of nitrogens with one attached hydrogen (secondary N) is 1. The summed E-state index contributed by atoms with van der Waals surface area (Å²) in [6.45, 7) is 10.1. The highest BCUT2D eigenvalue weighted by Crippen LogP contribution is 2.28. The van der Waals surface area contributed by atoms with Crippen molar-refractivity contribution in [2.75, 3.05) is 26.2 Å². The molecule has 0 radical (unpaired) electrons. The Bertz CT molecular complexity index is 407. The topological polar surface area (TPSA) is 44.8 Å². The minimum Gasteiger partial charge on any atom is -0.444 e. The lowest BCUT2D eigenvalue weighted by molar-refractivity contribution is 0.0224. The second-order valence-electron chi connectivity index (χ2n) is 8.02. The van der Waals surface area contributed by atoms with Crippen molar-refractivity contribution < 1.29 is 9.53 Å². The summed E-state index contributed by atoms with van der Waals surface area (Å²) < 4.78 is 5.54. The summed E-state index contributed by atoms with van der Waals surface area (Å²) in [5.74, 6) is 0. The smallest absolute Gasteiger partial charge is 0.410 e. The number of fused-ring (bicyclic) bond motifs is 1. The molecule has 0 aromatic rings. The van der Waals surface area contributed by atoms with Crippen molar-refractivity contribution in [2.45, 2.75) is 76.6 Å². The van der Waals surface area contributed by atoms with Crippen LogP contribution < -0.4 is 5.32 Å². The zero-order chi connectivity index (χ0) is 15.7. The summed E-state index contributed by atoms with van der Waals surface area (Å²) in [5, 5.41) is 3.75. The fraction of sp³-hybridized carbons (Fsp3) is 0.941. The standard InChI is InChI=1S/C17H31N3O2/c1-17(2,3)22-16(21)20-10-4-6-13(20)12-18-14-8-11-19-9-5-7-15(14)19/h13-15,18H,4-12H2,1-3H3. The molecule has 1 amide bonds. The van der Waals surface area contributed by atoms with Gasteiger partial charge in [-0.05, 0) is 59.4 Å². The highest BCUT2D eigenvalue weighted by atomic mass is 16.6. The molecule has 126 valence electrons. The molecule has 5 heteroatoms. The summed E-state index contributed by atoms with van der Waals surface area (Å²) in [4.78, 5) is 16.9. The van der Waals surface area contributed by atoms with Gasteiger partial charge in [-0.3, -0.25) is 4.90 Å². The van der Waals surface area contributed by atoms with Gasteiger partial charge in [0, 0.05) is 37.8 Å². The van der Waals surface area contributed by atoms with Crippen LogP contribution in [-0.2, 0) is 4.74 Å². The average molecular weight is 309 g/mol. The first kappa shape index (κ1) is 16.1. The van der Waals surface area contributed by atoms with Gasteiger partial charge in [0.2, 0.25) is 0 Å². The molecule has 3 heterocycles. The van der Waals surface area contributed by atoms with Crippen molar-refractivity contribution in [1.82, 2.24) is 15.1 Å². The molecule has 1 N–H and O–H groups in total. The Kier molecular flexibility index (Phi) is 4.64. The summed E-state index contributed by atoms with van der Waals surface area (Å²) in [6.07, 6.45) is 5.96. The van der Waals surface area contributed by atoms with Gasteiger partial charge >= 0.3 is 6.09 Å². The van der Waals surface area contributed by atoms with Crippen LogP contribution in [-0.4, -0.2) is 65.8 Å². The molecule has 0 saturated carbocycles. The van der Waals surface area contributed by atoms with Crippen molar-refractivity contribution in [3.8, 4) is 0 Å². The molecular weight excluding hydrogens is 278 g/mol. The first-order chi connectivity index (χ1) is 10.4. The molecule has 3 aliphatic heterocycles. The number of likely N-dealkylation sites (tertiary alicyclic amines) is 1. The van der Waals surface area contributed by atoms with Crippen molar-refractivity contribution in [3.63, 3.8) is 0 Å². The average Bonchev–Trinajstić information content (AvgIpc) is 3.11. The van der Waals surface area contributed by atoms with E-state index in [1.54, 1.807) is 0 Å². The first-order valence-corrected chi connectivity index (χ1v) is 8.91. The van der Waals surface area contributed by atoms with E-state index in [4.69, 9.17) is 4.74 Å². The SMILES string of the molecule is CC(C)(C)OC(=O)N1CCCC1CNC1CCN2CCCC12. The Balaban J connectivity index is 1.50. The molecule has 0 aromatic heterocycles. The number of amides is 1. The minimum atomic E-state index is -0.409. The highest BCUT2D eigenvalue weighted by Gasteiger charge is 2.38. The maximum Gasteiger partial charge on any atom is 0.410 e. The minimum absolute atomic E-state index is 0.147. The van der Waals surface area contributed by atoms with Gasteiger partial charge < -0.3 is 15.0 Å². The summed E-state index contributed by atoms with van der Waals surface area (Å²) in [7, 11) is 0. The molecule has 0 bridgehead atoms. The van der Waals surface area contributed by atoms with Crippen LogP contribution in [0, 0.1) is 0 Å². The van der Waals surface area contributed by atoms with Crippen molar-refractivity contribution in [3.05, 3.63) is 0 Å². The van der Waals surface area contributed by atoms with E-state index in [2.05, 4.69) is 10.2 Å². The highest BCUT2D eigenvalue weighted by molar-refractivity contribution is 5.69. The Hall–Kier alpha value is -0.810. The monoisotopic (exact) mass is 309 g/mol. The third-order valence-corrected chi connectivity index (χ3v) is 5.23. The van der Waals surface area contributed by atoms with E-state index in [1.807, 2.05) is 25.7 Å². The number of hydrogen-bond acceptors (Lipinski definition) is 4. The third-order valence-electron chi connectivity index (χ3n) is 5.23. The van der Waals surface area contributed by atoms with Crippen LogP contribution in [0.25, 0.3) is 0 Å². The Labute approximate surface area is 134 Å². The summed E-state index contributed by atoms with van der Waals surface area (Å²) in [5.41, 5.74) is -0.409. The quantitative estimate of drug-likeness (QED) is 0.868. The van der Waals surface area contributed by atoms with Crippen LogP contribution in [0.4, 0.5) is 4.79 Å². The predicted molar refractivity (Wildman–Crippen MR) is 87.0 cm³/mol. The zero-order valence-electron chi connectivity index (χ0n) is 14.3. The Morgan fingerprint density at radius 2 is 1.91 bits per heavy atom. The maximum atomic E-state index is 12.3. The van der Waals surface area contributed by atoms with Crippen LogP contribution in [0.1, 0.15) is 52.9 Å².